The molecular formula is C14H16O3. The molecule has 0 aromatic heterocycles. The van der Waals surface area contributed by atoms with E-state index in [1.165, 1.54) is 11.6 Å². The molecule has 0 aliphatic heterocycles. The monoisotopic (exact) mass is 232 g/mol. The molecule has 1 aromatic rings. The molecule has 90 valence electrons. The number of carbonyl (C=O) groups is 1. The molecule has 0 radical (unpaired) electrons. The molecule has 2 N–H and O–H groups in total. The summed E-state index contributed by atoms with van der Waals surface area (Å²) in [5.74, 6) is 0.570. The molecule has 0 bridgehead atoms. The van der Waals surface area contributed by atoms with Crippen molar-refractivity contribution in [3.8, 4) is 11.5 Å². The van der Waals surface area contributed by atoms with E-state index in [1.54, 1.807) is 18.2 Å². The number of aromatic hydroxyl groups is 2. The highest BCUT2D eigenvalue weighted by Gasteiger charge is 2.20. The Morgan fingerprint density at radius 2 is 1.88 bits per heavy atom. The largest absolute Gasteiger partial charge is 0.508 e. The normalized spacial score (nSPS) is 20.0. The van der Waals surface area contributed by atoms with Crippen molar-refractivity contribution in [2.45, 2.75) is 31.6 Å². The van der Waals surface area contributed by atoms with Crippen LogP contribution in [-0.2, 0) is 4.79 Å². The van der Waals surface area contributed by atoms with Gasteiger partial charge in [-0.15, -0.1) is 0 Å². The van der Waals surface area contributed by atoms with Gasteiger partial charge in [-0.05, 0) is 49.3 Å². The van der Waals surface area contributed by atoms with Gasteiger partial charge < -0.3 is 10.2 Å². The Morgan fingerprint density at radius 3 is 2.47 bits per heavy atom. The van der Waals surface area contributed by atoms with Gasteiger partial charge in [0, 0.05) is 6.07 Å². The summed E-state index contributed by atoms with van der Waals surface area (Å²) in [7, 11) is 0. The van der Waals surface area contributed by atoms with Crippen LogP contribution >= 0.6 is 0 Å². The number of carbonyl (C=O) groups excluding carboxylic acids is 1. The molecule has 0 saturated heterocycles. The molecule has 1 aliphatic rings. The van der Waals surface area contributed by atoms with Crippen molar-refractivity contribution in [2.75, 3.05) is 0 Å². The quantitative estimate of drug-likeness (QED) is 0.609. The van der Waals surface area contributed by atoms with E-state index < -0.39 is 0 Å². The second-order valence-corrected chi connectivity index (χ2v) is 4.48. The van der Waals surface area contributed by atoms with Crippen LogP contribution in [0.2, 0.25) is 0 Å². The van der Waals surface area contributed by atoms with E-state index in [0.717, 1.165) is 37.5 Å². The number of allylic oxidation sites excluding steroid dienone is 2. The molecule has 1 aliphatic carbocycles. The smallest absolute Gasteiger partial charge is 0.142 e. The van der Waals surface area contributed by atoms with Crippen LogP contribution in [0.15, 0.2) is 29.8 Å². The van der Waals surface area contributed by atoms with Crippen LogP contribution in [0.5, 0.6) is 11.5 Å². The van der Waals surface area contributed by atoms with Gasteiger partial charge in [0.1, 0.15) is 17.8 Å². The highest BCUT2D eigenvalue weighted by Crippen LogP contribution is 2.39. The van der Waals surface area contributed by atoms with Crippen LogP contribution in [0.1, 0.15) is 37.2 Å². The number of benzene rings is 1. The minimum absolute atomic E-state index is 0.0867. The minimum atomic E-state index is 0.0867. The lowest BCUT2D eigenvalue weighted by molar-refractivity contribution is -0.104. The fraction of sp³-hybridized carbons (Fsp3) is 0.357. The second-order valence-electron chi connectivity index (χ2n) is 4.48. The molecular weight excluding hydrogens is 216 g/mol. The van der Waals surface area contributed by atoms with E-state index in [4.69, 9.17) is 0 Å². The minimum Gasteiger partial charge on any atom is -0.508 e. The first kappa shape index (κ1) is 11.7. The fourth-order valence-electron chi connectivity index (χ4n) is 2.44. The molecule has 2 rings (SSSR count). The molecule has 0 unspecified atom stereocenters. The Bertz CT molecular complexity index is 439. The summed E-state index contributed by atoms with van der Waals surface area (Å²) >= 11 is 0. The summed E-state index contributed by atoms with van der Waals surface area (Å²) in [6.07, 6.45) is 6.18. The van der Waals surface area contributed by atoms with Crippen LogP contribution in [0.25, 0.3) is 0 Å². The maximum absolute atomic E-state index is 10.4. The lowest BCUT2D eigenvalue weighted by Crippen LogP contribution is -2.07. The van der Waals surface area contributed by atoms with E-state index in [9.17, 15) is 15.0 Å². The highest BCUT2D eigenvalue weighted by atomic mass is 16.3. The van der Waals surface area contributed by atoms with Gasteiger partial charge in [-0.2, -0.15) is 0 Å². The van der Waals surface area contributed by atoms with Crippen molar-refractivity contribution < 1.29 is 15.0 Å². The predicted octanol–water partition coefficient (Wildman–Crippen LogP) is 2.88. The molecule has 3 heteroatoms. The zero-order chi connectivity index (χ0) is 12.3. The third-order valence-corrected chi connectivity index (χ3v) is 3.39. The number of hydrogen-bond acceptors (Lipinski definition) is 3. The predicted molar refractivity (Wildman–Crippen MR) is 65.1 cm³/mol. The summed E-state index contributed by atoms with van der Waals surface area (Å²) in [5.41, 5.74) is 2.09. The number of aldehydes is 1. The fourth-order valence-corrected chi connectivity index (χ4v) is 2.44. The standard InChI is InChI=1S/C14H16O3/c15-8-7-10-1-3-11(4-2-10)13-6-5-12(16)9-14(13)17/h5-9,11,16-17H,1-4H2. The summed E-state index contributed by atoms with van der Waals surface area (Å²) < 4.78 is 0. The number of rotatable bonds is 2. The molecule has 1 saturated carbocycles. The van der Waals surface area contributed by atoms with Gasteiger partial charge in [0.25, 0.3) is 0 Å². The Balaban J connectivity index is 2.10. The third-order valence-electron chi connectivity index (χ3n) is 3.39. The van der Waals surface area contributed by atoms with Gasteiger partial charge in [-0.1, -0.05) is 11.6 Å². The molecule has 0 spiro atoms. The first-order valence-electron chi connectivity index (χ1n) is 5.86. The Hall–Kier alpha value is -1.77. The molecule has 1 fully saturated rings. The summed E-state index contributed by atoms with van der Waals surface area (Å²) in [6, 6.07) is 4.77. The van der Waals surface area contributed by atoms with Crippen molar-refractivity contribution in [1.29, 1.82) is 0 Å². The van der Waals surface area contributed by atoms with Gasteiger partial charge in [0.2, 0.25) is 0 Å². The van der Waals surface area contributed by atoms with Crippen LogP contribution in [0.4, 0.5) is 0 Å². The van der Waals surface area contributed by atoms with Crippen molar-refractivity contribution >= 4 is 6.29 Å². The summed E-state index contributed by atoms with van der Waals surface area (Å²) in [4.78, 5) is 10.4. The Kier molecular flexibility index (Phi) is 3.47. The van der Waals surface area contributed by atoms with Crippen LogP contribution in [-0.4, -0.2) is 16.5 Å². The van der Waals surface area contributed by atoms with E-state index in [2.05, 4.69) is 0 Å². The lowest BCUT2D eigenvalue weighted by Gasteiger charge is -2.24. The zero-order valence-electron chi connectivity index (χ0n) is 9.60. The van der Waals surface area contributed by atoms with Crippen molar-refractivity contribution in [2.24, 2.45) is 0 Å². The van der Waals surface area contributed by atoms with Gasteiger partial charge in [0.05, 0.1) is 0 Å². The van der Waals surface area contributed by atoms with E-state index in [0.29, 0.717) is 5.92 Å². The van der Waals surface area contributed by atoms with Gasteiger partial charge in [0.15, 0.2) is 0 Å². The molecule has 0 amide bonds. The number of phenols is 2. The topological polar surface area (TPSA) is 57.5 Å². The van der Waals surface area contributed by atoms with Crippen molar-refractivity contribution in [1.82, 2.24) is 0 Å². The average Bonchev–Trinajstić information content (AvgIpc) is 2.31. The van der Waals surface area contributed by atoms with Crippen molar-refractivity contribution in [3.63, 3.8) is 0 Å². The lowest BCUT2D eigenvalue weighted by atomic mass is 9.81. The van der Waals surface area contributed by atoms with E-state index in [1.807, 2.05) is 0 Å². The average molecular weight is 232 g/mol. The Morgan fingerprint density at radius 1 is 1.18 bits per heavy atom. The number of phenolic OH excluding ortho intramolecular Hbond substituents is 2. The molecule has 0 heterocycles. The maximum Gasteiger partial charge on any atom is 0.142 e. The summed E-state index contributed by atoms with van der Waals surface area (Å²) in [5, 5.41) is 19.0. The molecule has 17 heavy (non-hydrogen) atoms. The van der Waals surface area contributed by atoms with Gasteiger partial charge in [-0.3, -0.25) is 4.79 Å². The molecule has 1 aromatic carbocycles. The first-order chi connectivity index (χ1) is 8.20. The number of hydrogen-bond donors (Lipinski definition) is 2. The third kappa shape index (κ3) is 2.67. The Labute approximate surface area is 100 Å². The van der Waals surface area contributed by atoms with Crippen molar-refractivity contribution in [3.05, 3.63) is 35.4 Å². The van der Waals surface area contributed by atoms with E-state index in [-0.39, 0.29) is 11.5 Å². The second kappa shape index (κ2) is 5.04. The SMILES string of the molecule is O=CC=C1CCC(c2ccc(O)cc2O)CC1. The first-order valence-corrected chi connectivity index (χ1v) is 5.86. The van der Waals surface area contributed by atoms with Crippen LogP contribution < -0.4 is 0 Å². The van der Waals surface area contributed by atoms with Crippen LogP contribution in [0, 0.1) is 0 Å². The molecule has 3 nitrogen and oxygen atoms in total. The molecule has 0 atom stereocenters. The van der Waals surface area contributed by atoms with Gasteiger partial charge >= 0.3 is 0 Å². The zero-order valence-corrected chi connectivity index (χ0v) is 9.60. The maximum atomic E-state index is 10.4. The van der Waals surface area contributed by atoms with E-state index >= 15 is 0 Å². The van der Waals surface area contributed by atoms with Crippen LogP contribution in [0.3, 0.4) is 0 Å². The van der Waals surface area contributed by atoms with Gasteiger partial charge in [-0.25, -0.2) is 0 Å². The summed E-state index contributed by atoms with van der Waals surface area (Å²) in [6.45, 7) is 0. The highest BCUT2D eigenvalue weighted by molar-refractivity contribution is 5.66.